The fraction of sp³-hybridized carbons (Fsp3) is 0.0909. The predicted octanol–water partition coefficient (Wildman–Crippen LogP) is 4.73. The minimum atomic E-state index is 0.341. The van der Waals surface area contributed by atoms with Crippen molar-refractivity contribution in [1.82, 2.24) is 10.2 Å². The third-order valence-electron chi connectivity index (χ3n) is 1.99. The molecule has 2 rings (SSSR count). The van der Waals surface area contributed by atoms with Crippen LogP contribution in [0.4, 0.5) is 0 Å². The van der Waals surface area contributed by atoms with Crippen LogP contribution < -0.4 is 0 Å². The summed E-state index contributed by atoms with van der Waals surface area (Å²) in [6, 6.07) is 9.37. The van der Waals surface area contributed by atoms with Crippen LogP contribution in [0.3, 0.4) is 0 Å². The summed E-state index contributed by atoms with van der Waals surface area (Å²) in [6.07, 6.45) is 0. The molecule has 1 aromatic heterocycles. The molecule has 2 aromatic rings. The van der Waals surface area contributed by atoms with E-state index in [1.807, 2.05) is 24.3 Å². The van der Waals surface area contributed by atoms with Crippen LogP contribution in [0, 0.1) is 0 Å². The number of aromatic nitrogens is 2. The van der Waals surface area contributed by atoms with Gasteiger partial charge in [-0.2, -0.15) is 0 Å². The van der Waals surface area contributed by atoms with Crippen molar-refractivity contribution >= 4 is 46.6 Å². The average Bonchev–Trinajstić information content (AvgIpc) is 2.32. The van der Waals surface area contributed by atoms with Gasteiger partial charge in [0.25, 0.3) is 0 Å². The third-order valence-corrected chi connectivity index (χ3v) is 3.92. The Labute approximate surface area is 118 Å². The summed E-state index contributed by atoms with van der Waals surface area (Å²) in [5, 5.41) is 8.84. The second-order valence-corrected chi connectivity index (χ2v) is 5.44. The molecule has 2 nitrogen and oxygen atoms in total. The number of rotatable bonds is 3. The van der Waals surface area contributed by atoms with Crippen molar-refractivity contribution in [2.24, 2.45) is 0 Å². The smallest absolute Gasteiger partial charge is 0.137 e. The van der Waals surface area contributed by atoms with Crippen LogP contribution in [-0.2, 0) is 5.75 Å². The minimum absolute atomic E-state index is 0.341. The van der Waals surface area contributed by atoms with Gasteiger partial charge in [0.1, 0.15) is 0 Å². The molecule has 0 spiro atoms. The SMILES string of the molecule is Clc1ccc(CSc2cc(Cl)nnc2Cl)cc1. The maximum absolute atomic E-state index is 5.91. The van der Waals surface area contributed by atoms with Crippen molar-refractivity contribution in [3.8, 4) is 0 Å². The molecular weight excluding hydrogens is 299 g/mol. The zero-order valence-electron chi connectivity index (χ0n) is 8.53. The molecule has 0 aliphatic carbocycles. The van der Waals surface area contributed by atoms with Crippen LogP contribution in [0.5, 0.6) is 0 Å². The van der Waals surface area contributed by atoms with Crippen LogP contribution >= 0.6 is 46.6 Å². The first-order chi connectivity index (χ1) is 8.15. The summed E-state index contributed by atoms with van der Waals surface area (Å²) >= 11 is 19.0. The highest BCUT2D eigenvalue weighted by molar-refractivity contribution is 7.98. The van der Waals surface area contributed by atoms with E-state index in [2.05, 4.69) is 10.2 Å². The lowest BCUT2D eigenvalue weighted by molar-refractivity contribution is 0.998. The van der Waals surface area contributed by atoms with E-state index < -0.39 is 0 Å². The number of halogens is 3. The van der Waals surface area contributed by atoms with Gasteiger partial charge in [-0.05, 0) is 23.8 Å². The molecule has 0 radical (unpaired) electrons. The molecule has 0 aliphatic rings. The van der Waals surface area contributed by atoms with Gasteiger partial charge in [0.2, 0.25) is 0 Å². The Hall–Kier alpha value is -0.480. The first-order valence-electron chi connectivity index (χ1n) is 4.71. The highest BCUT2D eigenvalue weighted by Gasteiger charge is 2.05. The Bertz CT molecular complexity index is 517. The molecule has 0 bridgehead atoms. The monoisotopic (exact) mass is 304 g/mol. The van der Waals surface area contributed by atoms with E-state index in [-0.39, 0.29) is 0 Å². The van der Waals surface area contributed by atoms with Crippen molar-refractivity contribution in [1.29, 1.82) is 0 Å². The van der Waals surface area contributed by atoms with Gasteiger partial charge >= 0.3 is 0 Å². The third kappa shape index (κ3) is 3.75. The van der Waals surface area contributed by atoms with Crippen LogP contribution in [0.2, 0.25) is 15.3 Å². The predicted molar refractivity (Wildman–Crippen MR) is 73.1 cm³/mol. The van der Waals surface area contributed by atoms with Crippen molar-refractivity contribution in [3.63, 3.8) is 0 Å². The van der Waals surface area contributed by atoms with Crippen LogP contribution in [0.25, 0.3) is 0 Å². The normalized spacial score (nSPS) is 10.5. The summed E-state index contributed by atoms with van der Waals surface area (Å²) in [4.78, 5) is 0.821. The molecular formula is C11H7Cl3N2S. The molecule has 6 heteroatoms. The standard InChI is InChI=1S/C11H7Cl3N2S/c12-8-3-1-7(2-4-8)6-17-9-5-10(13)15-16-11(9)14/h1-5H,6H2. The fourth-order valence-electron chi connectivity index (χ4n) is 1.18. The number of hydrogen-bond acceptors (Lipinski definition) is 3. The molecule has 17 heavy (non-hydrogen) atoms. The molecule has 0 amide bonds. The second-order valence-electron chi connectivity index (χ2n) is 3.24. The number of nitrogens with zero attached hydrogens (tertiary/aromatic N) is 2. The average molecular weight is 306 g/mol. The van der Waals surface area contributed by atoms with Gasteiger partial charge in [-0.3, -0.25) is 0 Å². The van der Waals surface area contributed by atoms with Gasteiger partial charge in [-0.1, -0.05) is 46.9 Å². The van der Waals surface area contributed by atoms with E-state index in [1.165, 1.54) is 0 Å². The minimum Gasteiger partial charge on any atom is -0.137 e. The zero-order valence-corrected chi connectivity index (χ0v) is 11.6. The molecule has 1 heterocycles. The van der Waals surface area contributed by atoms with E-state index in [4.69, 9.17) is 34.8 Å². The Kier molecular flexibility index (Phi) is 4.51. The number of hydrogen-bond donors (Lipinski definition) is 0. The van der Waals surface area contributed by atoms with Crippen LogP contribution in [-0.4, -0.2) is 10.2 Å². The Morgan fingerprint density at radius 1 is 1.00 bits per heavy atom. The highest BCUT2D eigenvalue weighted by atomic mass is 35.5. The molecule has 0 N–H and O–H groups in total. The summed E-state index contributed by atoms with van der Waals surface area (Å²) in [5.41, 5.74) is 1.16. The largest absolute Gasteiger partial charge is 0.165 e. The summed E-state index contributed by atoms with van der Waals surface area (Å²) in [5.74, 6) is 0.777. The lowest BCUT2D eigenvalue weighted by atomic mass is 10.2. The Morgan fingerprint density at radius 3 is 2.41 bits per heavy atom. The van der Waals surface area contributed by atoms with E-state index in [1.54, 1.807) is 17.8 Å². The quantitative estimate of drug-likeness (QED) is 0.767. The highest BCUT2D eigenvalue weighted by Crippen LogP contribution is 2.29. The molecule has 88 valence electrons. The van der Waals surface area contributed by atoms with Crippen LogP contribution in [0.1, 0.15) is 5.56 Å². The van der Waals surface area contributed by atoms with Crippen molar-refractivity contribution in [3.05, 3.63) is 51.2 Å². The van der Waals surface area contributed by atoms with E-state index >= 15 is 0 Å². The Balaban J connectivity index is 2.07. The van der Waals surface area contributed by atoms with Gasteiger partial charge in [0, 0.05) is 10.8 Å². The van der Waals surface area contributed by atoms with Crippen molar-refractivity contribution in [2.75, 3.05) is 0 Å². The lowest BCUT2D eigenvalue weighted by Gasteiger charge is -2.03. The van der Waals surface area contributed by atoms with E-state index in [9.17, 15) is 0 Å². The molecule has 0 fully saturated rings. The zero-order chi connectivity index (χ0) is 12.3. The number of thioether (sulfide) groups is 1. The molecule has 0 unspecified atom stereocenters. The molecule has 0 aliphatic heterocycles. The maximum atomic E-state index is 5.91. The van der Waals surface area contributed by atoms with Gasteiger partial charge < -0.3 is 0 Å². The fourth-order valence-corrected chi connectivity index (χ4v) is 2.64. The first-order valence-corrected chi connectivity index (χ1v) is 6.83. The number of benzene rings is 1. The summed E-state index contributed by atoms with van der Waals surface area (Å²) in [6.45, 7) is 0. The molecule has 0 atom stereocenters. The van der Waals surface area contributed by atoms with Crippen LogP contribution in [0.15, 0.2) is 35.2 Å². The summed E-state index contributed by atoms with van der Waals surface area (Å²) < 4.78 is 0. The topological polar surface area (TPSA) is 25.8 Å². The second kappa shape index (κ2) is 5.91. The molecule has 0 saturated heterocycles. The first kappa shape index (κ1) is 13.0. The van der Waals surface area contributed by atoms with Crippen molar-refractivity contribution in [2.45, 2.75) is 10.6 Å². The molecule has 1 aromatic carbocycles. The van der Waals surface area contributed by atoms with Gasteiger partial charge in [-0.25, -0.2) is 0 Å². The molecule has 0 saturated carbocycles. The van der Waals surface area contributed by atoms with E-state index in [0.29, 0.717) is 10.3 Å². The summed E-state index contributed by atoms with van der Waals surface area (Å²) in [7, 11) is 0. The Morgan fingerprint density at radius 2 is 1.71 bits per heavy atom. The van der Waals surface area contributed by atoms with Gasteiger partial charge in [-0.15, -0.1) is 22.0 Å². The van der Waals surface area contributed by atoms with Gasteiger partial charge in [0.05, 0.1) is 4.90 Å². The lowest BCUT2D eigenvalue weighted by Crippen LogP contribution is -1.87. The van der Waals surface area contributed by atoms with Gasteiger partial charge in [0.15, 0.2) is 10.3 Å². The maximum Gasteiger partial charge on any atom is 0.165 e. The van der Waals surface area contributed by atoms with E-state index in [0.717, 1.165) is 21.2 Å². The van der Waals surface area contributed by atoms with Crippen molar-refractivity contribution < 1.29 is 0 Å².